The van der Waals surface area contributed by atoms with E-state index in [9.17, 15) is 4.79 Å². The number of nitrogens with one attached hydrogen (secondary N) is 2. The number of nitrogens with zero attached hydrogens (tertiary/aromatic N) is 3. The van der Waals surface area contributed by atoms with Crippen LogP contribution in [0.15, 0.2) is 24.4 Å². The van der Waals surface area contributed by atoms with E-state index in [0.29, 0.717) is 28.6 Å². The van der Waals surface area contributed by atoms with Crippen LogP contribution in [0.4, 0.5) is 11.5 Å². The summed E-state index contributed by atoms with van der Waals surface area (Å²) in [5.41, 5.74) is 8.52. The van der Waals surface area contributed by atoms with Crippen molar-refractivity contribution in [3.8, 4) is 0 Å². The van der Waals surface area contributed by atoms with E-state index < -0.39 is 0 Å². The van der Waals surface area contributed by atoms with E-state index in [2.05, 4.69) is 25.5 Å². The van der Waals surface area contributed by atoms with E-state index in [1.165, 1.54) is 11.3 Å². The average Bonchev–Trinajstić information content (AvgIpc) is 3.04. The Morgan fingerprint density at radius 3 is 2.93 bits per heavy atom. The van der Waals surface area contributed by atoms with Crippen molar-refractivity contribution in [2.24, 2.45) is 0 Å². The van der Waals surface area contributed by atoms with Crippen LogP contribution in [0.25, 0.3) is 10.2 Å². The summed E-state index contributed by atoms with van der Waals surface area (Å²) in [6.45, 7) is 6.05. The number of rotatable bonds is 5. The van der Waals surface area contributed by atoms with Gasteiger partial charge in [-0.3, -0.25) is 4.79 Å². The highest BCUT2D eigenvalue weighted by Crippen LogP contribution is 2.32. The molecule has 0 aliphatic carbocycles. The van der Waals surface area contributed by atoms with Crippen molar-refractivity contribution in [3.63, 3.8) is 0 Å². The van der Waals surface area contributed by atoms with E-state index in [0.717, 1.165) is 53.5 Å². The van der Waals surface area contributed by atoms with Crippen LogP contribution < -0.4 is 21.3 Å². The molecule has 9 heteroatoms. The number of thiophene rings is 1. The summed E-state index contributed by atoms with van der Waals surface area (Å²) in [4.78, 5) is 25.0. The third-order valence-electron chi connectivity index (χ3n) is 4.93. The summed E-state index contributed by atoms with van der Waals surface area (Å²) in [7, 11) is 0. The van der Waals surface area contributed by atoms with Gasteiger partial charge in [0.1, 0.15) is 15.5 Å². The number of nitrogen functional groups attached to an aromatic ring is 1. The Morgan fingerprint density at radius 2 is 2.17 bits per heavy atom. The highest BCUT2D eigenvalue weighted by molar-refractivity contribution is 7.21. The molecule has 4 N–H and O–H groups in total. The first-order valence-corrected chi connectivity index (χ1v) is 10.8. The second-order valence-electron chi connectivity index (χ2n) is 7.04. The number of halogens is 1. The van der Waals surface area contributed by atoms with Crippen LogP contribution in [0.2, 0.25) is 5.02 Å². The molecule has 0 unspecified atom stereocenters. The molecule has 3 aromatic heterocycles. The Labute approximate surface area is 178 Å². The minimum absolute atomic E-state index is 0.181. The molecule has 3 aromatic rings. The molecule has 1 fully saturated rings. The van der Waals surface area contributed by atoms with Gasteiger partial charge in [-0.25, -0.2) is 9.97 Å². The second kappa shape index (κ2) is 8.52. The fourth-order valence-corrected chi connectivity index (χ4v) is 4.74. The van der Waals surface area contributed by atoms with E-state index in [-0.39, 0.29) is 5.91 Å². The number of aryl methyl sites for hydroxylation is 1. The first-order valence-electron chi connectivity index (χ1n) is 9.57. The molecule has 0 radical (unpaired) electrons. The summed E-state index contributed by atoms with van der Waals surface area (Å²) in [5, 5.41) is 7.72. The smallest absolute Gasteiger partial charge is 0.263 e. The summed E-state index contributed by atoms with van der Waals surface area (Å²) in [6, 6.07) is 5.74. The van der Waals surface area contributed by atoms with Gasteiger partial charge in [0.25, 0.3) is 5.91 Å². The number of fused-ring (bicyclic) bond motifs is 1. The number of anilines is 2. The SMILES string of the molecule is Cc1ccc2c(N)c(C(=O)NCCc3cnc(N4CCNCC4)c(Cl)c3)sc2n1. The monoisotopic (exact) mass is 430 g/mol. The zero-order chi connectivity index (χ0) is 20.4. The van der Waals surface area contributed by atoms with Crippen LogP contribution in [-0.2, 0) is 6.42 Å². The molecule has 1 saturated heterocycles. The molecule has 0 atom stereocenters. The minimum Gasteiger partial charge on any atom is -0.397 e. The average molecular weight is 431 g/mol. The number of hydrogen-bond acceptors (Lipinski definition) is 7. The maximum absolute atomic E-state index is 12.6. The number of pyridine rings is 2. The van der Waals surface area contributed by atoms with Crippen LogP contribution >= 0.6 is 22.9 Å². The van der Waals surface area contributed by atoms with Gasteiger partial charge in [0.15, 0.2) is 0 Å². The molecule has 4 heterocycles. The Morgan fingerprint density at radius 1 is 1.38 bits per heavy atom. The van der Waals surface area contributed by atoms with E-state index >= 15 is 0 Å². The summed E-state index contributed by atoms with van der Waals surface area (Å²) in [5.74, 6) is 0.640. The fraction of sp³-hybridized carbons (Fsp3) is 0.350. The maximum Gasteiger partial charge on any atom is 0.263 e. The van der Waals surface area contributed by atoms with Crippen molar-refractivity contribution in [1.82, 2.24) is 20.6 Å². The Balaban J connectivity index is 1.38. The molecule has 7 nitrogen and oxygen atoms in total. The van der Waals surface area contributed by atoms with Crippen LogP contribution in [-0.4, -0.2) is 48.6 Å². The first-order chi connectivity index (χ1) is 14.0. The number of aromatic nitrogens is 2. The molecule has 4 rings (SSSR count). The van der Waals surface area contributed by atoms with E-state index in [1.807, 2.05) is 31.3 Å². The van der Waals surface area contributed by atoms with Crippen molar-refractivity contribution in [1.29, 1.82) is 0 Å². The van der Waals surface area contributed by atoms with Gasteiger partial charge in [-0.15, -0.1) is 11.3 Å². The second-order valence-corrected chi connectivity index (χ2v) is 8.45. The van der Waals surface area contributed by atoms with Gasteiger partial charge < -0.3 is 21.3 Å². The zero-order valence-electron chi connectivity index (χ0n) is 16.2. The predicted octanol–water partition coefficient (Wildman–Crippen LogP) is 2.62. The zero-order valence-corrected chi connectivity index (χ0v) is 17.7. The molecule has 0 spiro atoms. The van der Waals surface area contributed by atoms with Crippen molar-refractivity contribution in [3.05, 3.63) is 45.6 Å². The van der Waals surface area contributed by atoms with Crippen molar-refractivity contribution >= 4 is 50.6 Å². The Bertz CT molecular complexity index is 1050. The predicted molar refractivity (Wildman–Crippen MR) is 119 cm³/mol. The lowest BCUT2D eigenvalue weighted by Crippen LogP contribution is -2.44. The lowest BCUT2D eigenvalue weighted by atomic mass is 10.2. The number of amides is 1. The van der Waals surface area contributed by atoms with Crippen molar-refractivity contribution in [2.75, 3.05) is 43.4 Å². The van der Waals surface area contributed by atoms with Gasteiger partial charge in [0.2, 0.25) is 0 Å². The number of nitrogens with two attached hydrogens (primary N) is 1. The first kappa shape index (κ1) is 19.9. The van der Waals surface area contributed by atoms with Gasteiger partial charge >= 0.3 is 0 Å². The topological polar surface area (TPSA) is 96.2 Å². The summed E-state index contributed by atoms with van der Waals surface area (Å²) < 4.78 is 0. The van der Waals surface area contributed by atoms with Crippen LogP contribution in [0.3, 0.4) is 0 Å². The standard InChI is InChI=1S/C20H23ClN6OS/c1-12-2-3-14-16(22)17(29-20(14)26-12)19(28)24-5-4-13-10-15(21)18(25-11-13)27-8-6-23-7-9-27/h2-3,10-11,23H,4-9,22H2,1H3,(H,24,28). The maximum atomic E-state index is 12.6. The molecule has 1 amide bonds. The van der Waals surface area contributed by atoms with Crippen LogP contribution in [0.1, 0.15) is 20.9 Å². The third-order valence-corrected chi connectivity index (χ3v) is 6.33. The normalized spacial score (nSPS) is 14.3. The van der Waals surface area contributed by atoms with Gasteiger partial charge in [0, 0.05) is 50.0 Å². The van der Waals surface area contributed by atoms with Gasteiger partial charge in [-0.05, 0) is 37.1 Å². The molecule has 0 aromatic carbocycles. The molecule has 29 heavy (non-hydrogen) atoms. The molecular formula is C20H23ClN6OS. The summed E-state index contributed by atoms with van der Waals surface area (Å²) in [6.07, 6.45) is 2.47. The quantitative estimate of drug-likeness (QED) is 0.575. The molecule has 1 aliphatic heterocycles. The highest BCUT2D eigenvalue weighted by Gasteiger charge is 2.18. The number of carbonyl (C=O) groups excluding carboxylic acids is 1. The largest absolute Gasteiger partial charge is 0.397 e. The van der Waals surface area contributed by atoms with Crippen molar-refractivity contribution in [2.45, 2.75) is 13.3 Å². The Hall–Kier alpha value is -2.42. The number of hydrogen-bond donors (Lipinski definition) is 3. The van der Waals surface area contributed by atoms with Gasteiger partial charge in [-0.2, -0.15) is 0 Å². The molecule has 0 bridgehead atoms. The highest BCUT2D eigenvalue weighted by atomic mass is 35.5. The van der Waals surface area contributed by atoms with Crippen LogP contribution in [0, 0.1) is 6.92 Å². The Kier molecular flexibility index (Phi) is 5.84. The van der Waals surface area contributed by atoms with Gasteiger partial charge in [-0.1, -0.05) is 11.6 Å². The molecular weight excluding hydrogens is 408 g/mol. The summed E-state index contributed by atoms with van der Waals surface area (Å²) >= 11 is 7.77. The minimum atomic E-state index is -0.181. The van der Waals surface area contributed by atoms with Crippen molar-refractivity contribution < 1.29 is 4.79 Å². The third kappa shape index (κ3) is 4.29. The molecule has 1 aliphatic rings. The van der Waals surface area contributed by atoms with E-state index in [4.69, 9.17) is 17.3 Å². The number of piperazine rings is 1. The number of carbonyl (C=O) groups is 1. The lowest BCUT2D eigenvalue weighted by molar-refractivity contribution is 0.0959. The lowest BCUT2D eigenvalue weighted by Gasteiger charge is -2.29. The van der Waals surface area contributed by atoms with E-state index in [1.54, 1.807) is 0 Å². The van der Waals surface area contributed by atoms with Gasteiger partial charge in [0.05, 0.1) is 10.7 Å². The molecule has 0 saturated carbocycles. The molecule has 152 valence electrons. The van der Waals surface area contributed by atoms with Crippen LogP contribution in [0.5, 0.6) is 0 Å². The fourth-order valence-electron chi connectivity index (χ4n) is 3.38.